The Balaban J connectivity index is 2.66. The summed E-state index contributed by atoms with van der Waals surface area (Å²) in [4.78, 5) is 0. The van der Waals surface area contributed by atoms with Crippen molar-refractivity contribution in [1.82, 2.24) is 0 Å². The van der Waals surface area contributed by atoms with Gasteiger partial charge in [0.05, 0.1) is 6.61 Å². The molecule has 0 unspecified atom stereocenters. The van der Waals surface area contributed by atoms with Crippen molar-refractivity contribution in [3.63, 3.8) is 0 Å². The van der Waals surface area contributed by atoms with E-state index < -0.39 is 5.82 Å². The highest BCUT2D eigenvalue weighted by atomic mass is 19.1. The van der Waals surface area contributed by atoms with Gasteiger partial charge in [-0.1, -0.05) is 6.07 Å². The lowest BCUT2D eigenvalue weighted by Gasteiger charge is -2.06. The SMILES string of the molecule is C#CCCCOc1cccc(F)c1C#N. The van der Waals surface area contributed by atoms with Crippen LogP contribution in [0.15, 0.2) is 18.2 Å². The van der Waals surface area contributed by atoms with Crippen molar-refractivity contribution in [3.05, 3.63) is 29.6 Å². The Labute approximate surface area is 88.3 Å². The number of hydrogen-bond donors (Lipinski definition) is 0. The van der Waals surface area contributed by atoms with E-state index in [0.717, 1.165) is 0 Å². The predicted octanol–water partition coefficient (Wildman–Crippen LogP) is 2.49. The number of unbranched alkanes of at least 4 members (excludes halogenated alkanes) is 1. The number of terminal acetylenes is 1. The monoisotopic (exact) mass is 203 g/mol. The molecule has 0 heterocycles. The third kappa shape index (κ3) is 3.00. The van der Waals surface area contributed by atoms with Crippen LogP contribution in [0.2, 0.25) is 0 Å². The maximum absolute atomic E-state index is 13.1. The van der Waals surface area contributed by atoms with Crippen LogP contribution in [0, 0.1) is 29.5 Å². The first-order valence-corrected chi connectivity index (χ1v) is 4.54. The van der Waals surface area contributed by atoms with E-state index >= 15 is 0 Å². The van der Waals surface area contributed by atoms with Gasteiger partial charge in [0.1, 0.15) is 23.2 Å². The summed E-state index contributed by atoms with van der Waals surface area (Å²) < 4.78 is 18.3. The average molecular weight is 203 g/mol. The molecule has 1 aromatic rings. The Morgan fingerprint density at radius 1 is 1.47 bits per heavy atom. The number of hydrogen-bond acceptors (Lipinski definition) is 2. The summed E-state index contributed by atoms with van der Waals surface area (Å²) in [7, 11) is 0. The van der Waals surface area contributed by atoms with E-state index in [1.165, 1.54) is 12.1 Å². The van der Waals surface area contributed by atoms with Crippen molar-refractivity contribution in [2.45, 2.75) is 12.8 Å². The molecular weight excluding hydrogens is 193 g/mol. The minimum atomic E-state index is -0.563. The summed E-state index contributed by atoms with van der Waals surface area (Å²) in [6, 6.07) is 6.07. The number of ether oxygens (including phenoxy) is 1. The standard InChI is InChI=1S/C12H10FNO/c1-2-3-4-8-15-12-7-5-6-11(13)10(12)9-14/h1,5-7H,3-4,8H2. The van der Waals surface area contributed by atoms with Gasteiger partial charge in [-0.15, -0.1) is 12.3 Å². The molecule has 0 aliphatic carbocycles. The van der Waals surface area contributed by atoms with Gasteiger partial charge >= 0.3 is 0 Å². The van der Waals surface area contributed by atoms with Crippen LogP contribution in [0.4, 0.5) is 4.39 Å². The molecule has 76 valence electrons. The molecule has 0 spiro atoms. The maximum atomic E-state index is 13.1. The lowest BCUT2D eigenvalue weighted by atomic mass is 10.2. The van der Waals surface area contributed by atoms with E-state index in [0.29, 0.717) is 19.4 Å². The smallest absolute Gasteiger partial charge is 0.144 e. The van der Waals surface area contributed by atoms with Gasteiger partial charge in [-0.25, -0.2) is 4.39 Å². The van der Waals surface area contributed by atoms with Crippen LogP contribution in [0.1, 0.15) is 18.4 Å². The van der Waals surface area contributed by atoms with Crippen molar-refractivity contribution < 1.29 is 9.13 Å². The van der Waals surface area contributed by atoms with Crippen LogP contribution >= 0.6 is 0 Å². The molecule has 0 amide bonds. The molecule has 0 aliphatic rings. The zero-order valence-electron chi connectivity index (χ0n) is 8.16. The van der Waals surface area contributed by atoms with Crippen LogP contribution in [0.3, 0.4) is 0 Å². The summed E-state index contributed by atoms with van der Waals surface area (Å²) in [5, 5.41) is 8.70. The Morgan fingerprint density at radius 2 is 2.27 bits per heavy atom. The molecule has 0 atom stereocenters. The fraction of sp³-hybridized carbons (Fsp3) is 0.250. The molecule has 15 heavy (non-hydrogen) atoms. The Bertz CT molecular complexity index is 415. The van der Waals surface area contributed by atoms with E-state index in [4.69, 9.17) is 16.4 Å². The number of nitriles is 1. The zero-order valence-corrected chi connectivity index (χ0v) is 8.16. The van der Waals surface area contributed by atoms with Gasteiger partial charge in [0.25, 0.3) is 0 Å². The number of nitrogens with zero attached hydrogens (tertiary/aromatic N) is 1. The van der Waals surface area contributed by atoms with Crippen LogP contribution in [0.5, 0.6) is 5.75 Å². The minimum absolute atomic E-state index is 0.0572. The second kappa shape index (κ2) is 5.67. The van der Waals surface area contributed by atoms with Gasteiger partial charge in [-0.3, -0.25) is 0 Å². The quantitative estimate of drug-likeness (QED) is 0.556. The third-order valence-corrected chi connectivity index (χ3v) is 1.81. The van der Waals surface area contributed by atoms with Gasteiger partial charge < -0.3 is 4.74 Å². The zero-order chi connectivity index (χ0) is 11.1. The molecule has 3 heteroatoms. The molecule has 0 fully saturated rings. The molecule has 0 bridgehead atoms. The Morgan fingerprint density at radius 3 is 2.93 bits per heavy atom. The minimum Gasteiger partial charge on any atom is -0.492 e. The second-order valence-corrected chi connectivity index (χ2v) is 2.88. The third-order valence-electron chi connectivity index (χ3n) is 1.81. The van der Waals surface area contributed by atoms with Gasteiger partial charge in [-0.2, -0.15) is 5.26 Å². The van der Waals surface area contributed by atoms with Crippen LogP contribution < -0.4 is 4.74 Å². The van der Waals surface area contributed by atoms with Gasteiger partial charge in [-0.05, 0) is 18.6 Å². The van der Waals surface area contributed by atoms with Crippen molar-refractivity contribution in [2.75, 3.05) is 6.61 Å². The molecule has 1 aromatic carbocycles. The van der Waals surface area contributed by atoms with Crippen LogP contribution in [0.25, 0.3) is 0 Å². The normalized spacial score (nSPS) is 9.00. The topological polar surface area (TPSA) is 33.0 Å². The fourth-order valence-corrected chi connectivity index (χ4v) is 1.09. The maximum Gasteiger partial charge on any atom is 0.144 e. The molecule has 0 saturated heterocycles. The molecule has 0 radical (unpaired) electrons. The van der Waals surface area contributed by atoms with Gasteiger partial charge in [0.2, 0.25) is 0 Å². The van der Waals surface area contributed by atoms with Crippen molar-refractivity contribution >= 4 is 0 Å². The average Bonchev–Trinajstić information content (AvgIpc) is 2.24. The summed E-state index contributed by atoms with van der Waals surface area (Å²) in [5.74, 6) is 2.18. The van der Waals surface area contributed by atoms with E-state index in [1.807, 2.05) is 0 Å². The van der Waals surface area contributed by atoms with E-state index in [1.54, 1.807) is 12.1 Å². The predicted molar refractivity (Wildman–Crippen MR) is 54.7 cm³/mol. The second-order valence-electron chi connectivity index (χ2n) is 2.88. The summed E-state index contributed by atoms with van der Waals surface area (Å²) in [6.45, 7) is 0.391. The molecule has 0 N–H and O–H groups in total. The summed E-state index contributed by atoms with van der Waals surface area (Å²) in [6.07, 6.45) is 6.37. The first-order chi connectivity index (χ1) is 7.29. The highest BCUT2D eigenvalue weighted by molar-refractivity contribution is 5.43. The molecule has 0 saturated carbocycles. The van der Waals surface area contributed by atoms with Crippen molar-refractivity contribution in [3.8, 4) is 24.2 Å². The first-order valence-electron chi connectivity index (χ1n) is 4.54. The largest absolute Gasteiger partial charge is 0.492 e. The van der Waals surface area contributed by atoms with Gasteiger partial charge in [0.15, 0.2) is 0 Å². The van der Waals surface area contributed by atoms with Crippen molar-refractivity contribution in [1.29, 1.82) is 5.26 Å². The lowest BCUT2D eigenvalue weighted by molar-refractivity contribution is 0.310. The fourth-order valence-electron chi connectivity index (χ4n) is 1.09. The molecule has 0 aliphatic heterocycles. The molecule has 1 rings (SSSR count). The van der Waals surface area contributed by atoms with Crippen LogP contribution in [-0.4, -0.2) is 6.61 Å². The number of rotatable bonds is 4. The summed E-state index contributed by atoms with van der Waals surface area (Å²) in [5.41, 5.74) is -0.0572. The Kier molecular flexibility index (Phi) is 4.19. The Hall–Kier alpha value is -2.00. The first kappa shape index (κ1) is 11.1. The summed E-state index contributed by atoms with van der Waals surface area (Å²) >= 11 is 0. The van der Waals surface area contributed by atoms with Crippen molar-refractivity contribution in [2.24, 2.45) is 0 Å². The molecule has 2 nitrogen and oxygen atoms in total. The molecule has 0 aromatic heterocycles. The van der Waals surface area contributed by atoms with Gasteiger partial charge in [0, 0.05) is 6.42 Å². The van der Waals surface area contributed by atoms with Crippen LogP contribution in [-0.2, 0) is 0 Å². The molecular formula is C12H10FNO. The van der Waals surface area contributed by atoms with E-state index in [2.05, 4.69) is 5.92 Å². The van der Waals surface area contributed by atoms with E-state index in [-0.39, 0.29) is 11.3 Å². The lowest BCUT2D eigenvalue weighted by Crippen LogP contribution is -1.99. The highest BCUT2D eigenvalue weighted by Crippen LogP contribution is 2.20. The highest BCUT2D eigenvalue weighted by Gasteiger charge is 2.07. The number of benzene rings is 1. The van der Waals surface area contributed by atoms with E-state index in [9.17, 15) is 4.39 Å². The number of halogens is 1.